The van der Waals surface area contributed by atoms with Gasteiger partial charge in [-0.25, -0.2) is 4.79 Å². The van der Waals surface area contributed by atoms with Crippen molar-refractivity contribution in [1.29, 1.82) is 0 Å². The van der Waals surface area contributed by atoms with E-state index < -0.39 is 5.97 Å². The molecule has 15 heavy (non-hydrogen) atoms. The highest BCUT2D eigenvalue weighted by atomic mass is 16.4. The van der Waals surface area contributed by atoms with Crippen LogP contribution in [0.2, 0.25) is 0 Å². The van der Waals surface area contributed by atoms with Crippen molar-refractivity contribution in [2.75, 3.05) is 6.54 Å². The number of carboxylic acids is 1. The third kappa shape index (κ3) is 3.34. The summed E-state index contributed by atoms with van der Waals surface area (Å²) in [7, 11) is 0. The molecule has 0 aromatic heterocycles. The normalized spacial score (nSPS) is 12.4. The largest absolute Gasteiger partial charge is 0.478 e. The minimum Gasteiger partial charge on any atom is -0.478 e. The van der Waals surface area contributed by atoms with Crippen LogP contribution >= 0.6 is 0 Å². The summed E-state index contributed by atoms with van der Waals surface area (Å²) in [6.07, 6.45) is 1.70. The van der Waals surface area contributed by atoms with E-state index in [9.17, 15) is 4.79 Å². The third-order valence-electron chi connectivity index (χ3n) is 2.31. The number of benzene rings is 1. The Morgan fingerprint density at radius 1 is 1.33 bits per heavy atom. The van der Waals surface area contributed by atoms with Gasteiger partial charge in [0.1, 0.15) is 0 Å². The van der Waals surface area contributed by atoms with Crippen LogP contribution in [-0.2, 0) is 0 Å². The fraction of sp³-hybridized carbons (Fsp3) is 0.364. The predicted molar refractivity (Wildman–Crippen MR) is 58.6 cm³/mol. The second-order valence-corrected chi connectivity index (χ2v) is 3.46. The Labute approximate surface area is 88.9 Å². The summed E-state index contributed by atoms with van der Waals surface area (Å²) in [6, 6.07) is 6.59. The third-order valence-corrected chi connectivity index (χ3v) is 2.31. The lowest BCUT2D eigenvalue weighted by atomic mass is 10.0. The molecule has 0 saturated heterocycles. The Bertz CT molecular complexity index is 322. The number of carboxylic acid groups (broad SMARTS) is 1. The highest BCUT2D eigenvalue weighted by molar-refractivity contribution is 5.87. The van der Waals surface area contributed by atoms with Crippen LogP contribution < -0.4 is 11.5 Å². The first-order valence-corrected chi connectivity index (χ1v) is 4.94. The molecule has 0 aliphatic rings. The van der Waals surface area contributed by atoms with E-state index in [0.717, 1.165) is 18.4 Å². The number of nitrogens with two attached hydrogens (primary N) is 2. The Balaban J connectivity index is 2.66. The van der Waals surface area contributed by atoms with Gasteiger partial charge in [0.05, 0.1) is 5.56 Å². The van der Waals surface area contributed by atoms with Gasteiger partial charge in [0, 0.05) is 6.04 Å². The van der Waals surface area contributed by atoms with E-state index in [1.165, 1.54) is 0 Å². The standard InChI is InChI=1S/C11H16N2O2/c12-7-1-2-10(13)8-3-5-9(6-4-8)11(14)15/h3-6,10H,1-2,7,12-13H2,(H,14,15)/t10-/m1/s1. The molecule has 0 unspecified atom stereocenters. The molecule has 4 nitrogen and oxygen atoms in total. The van der Waals surface area contributed by atoms with Crippen LogP contribution in [0, 0.1) is 0 Å². The fourth-order valence-corrected chi connectivity index (χ4v) is 1.38. The maximum atomic E-state index is 10.6. The smallest absolute Gasteiger partial charge is 0.335 e. The van der Waals surface area contributed by atoms with Crippen LogP contribution in [0.1, 0.15) is 34.8 Å². The van der Waals surface area contributed by atoms with E-state index in [1.807, 2.05) is 0 Å². The van der Waals surface area contributed by atoms with Gasteiger partial charge in [-0.2, -0.15) is 0 Å². The first-order chi connectivity index (χ1) is 7.15. The molecule has 0 aliphatic carbocycles. The second kappa shape index (κ2) is 5.48. The number of aromatic carboxylic acids is 1. The summed E-state index contributed by atoms with van der Waals surface area (Å²) in [5.41, 5.74) is 12.5. The molecule has 0 saturated carbocycles. The van der Waals surface area contributed by atoms with Gasteiger partial charge in [0.2, 0.25) is 0 Å². The number of hydrogen-bond acceptors (Lipinski definition) is 3. The zero-order valence-corrected chi connectivity index (χ0v) is 8.52. The fourth-order valence-electron chi connectivity index (χ4n) is 1.38. The molecule has 0 radical (unpaired) electrons. The summed E-state index contributed by atoms with van der Waals surface area (Å²) >= 11 is 0. The summed E-state index contributed by atoms with van der Waals surface area (Å²) < 4.78 is 0. The van der Waals surface area contributed by atoms with Gasteiger partial charge in [-0.3, -0.25) is 0 Å². The Kier molecular flexibility index (Phi) is 4.27. The predicted octanol–water partition coefficient (Wildman–Crippen LogP) is 1.12. The molecule has 1 atom stereocenters. The van der Waals surface area contributed by atoms with Crippen molar-refractivity contribution in [1.82, 2.24) is 0 Å². The lowest BCUT2D eigenvalue weighted by molar-refractivity contribution is 0.0697. The molecule has 0 amide bonds. The topological polar surface area (TPSA) is 89.3 Å². The summed E-state index contributed by atoms with van der Waals surface area (Å²) in [4.78, 5) is 10.6. The van der Waals surface area contributed by atoms with Crippen molar-refractivity contribution in [2.24, 2.45) is 11.5 Å². The lowest BCUT2D eigenvalue weighted by Gasteiger charge is -2.11. The van der Waals surface area contributed by atoms with Gasteiger partial charge < -0.3 is 16.6 Å². The second-order valence-electron chi connectivity index (χ2n) is 3.46. The zero-order valence-electron chi connectivity index (χ0n) is 8.52. The summed E-state index contributed by atoms with van der Waals surface area (Å²) in [5.74, 6) is -0.919. The molecular weight excluding hydrogens is 192 g/mol. The molecule has 4 heteroatoms. The van der Waals surface area contributed by atoms with Crippen LogP contribution in [0.4, 0.5) is 0 Å². The van der Waals surface area contributed by atoms with Gasteiger partial charge in [-0.15, -0.1) is 0 Å². The summed E-state index contributed by atoms with van der Waals surface area (Å²) in [6.45, 7) is 0.626. The van der Waals surface area contributed by atoms with E-state index in [-0.39, 0.29) is 11.6 Å². The average molecular weight is 208 g/mol. The summed E-state index contributed by atoms with van der Waals surface area (Å²) in [5, 5.41) is 8.71. The van der Waals surface area contributed by atoms with Crippen molar-refractivity contribution in [3.8, 4) is 0 Å². The van der Waals surface area contributed by atoms with E-state index in [2.05, 4.69) is 0 Å². The zero-order chi connectivity index (χ0) is 11.3. The average Bonchev–Trinajstić information content (AvgIpc) is 2.26. The molecule has 0 fully saturated rings. The SMILES string of the molecule is NCCC[C@@H](N)c1ccc(C(=O)O)cc1. The van der Waals surface area contributed by atoms with E-state index >= 15 is 0 Å². The van der Waals surface area contributed by atoms with Crippen molar-refractivity contribution < 1.29 is 9.90 Å². The first kappa shape index (κ1) is 11.7. The van der Waals surface area contributed by atoms with Crippen molar-refractivity contribution >= 4 is 5.97 Å². The van der Waals surface area contributed by atoms with E-state index in [1.54, 1.807) is 24.3 Å². The Morgan fingerprint density at radius 2 is 1.93 bits per heavy atom. The number of carbonyl (C=O) groups is 1. The lowest BCUT2D eigenvalue weighted by Crippen LogP contribution is -2.12. The van der Waals surface area contributed by atoms with E-state index in [4.69, 9.17) is 16.6 Å². The molecule has 1 rings (SSSR count). The highest BCUT2D eigenvalue weighted by Crippen LogP contribution is 2.16. The molecule has 5 N–H and O–H groups in total. The molecular formula is C11H16N2O2. The Morgan fingerprint density at radius 3 is 2.40 bits per heavy atom. The van der Waals surface area contributed by atoms with Crippen LogP contribution in [-0.4, -0.2) is 17.6 Å². The van der Waals surface area contributed by atoms with Crippen molar-refractivity contribution in [3.05, 3.63) is 35.4 Å². The van der Waals surface area contributed by atoms with Crippen LogP contribution in [0.3, 0.4) is 0 Å². The molecule has 82 valence electrons. The van der Waals surface area contributed by atoms with Crippen molar-refractivity contribution in [3.63, 3.8) is 0 Å². The molecule has 0 heterocycles. The molecule has 0 aliphatic heterocycles. The van der Waals surface area contributed by atoms with Gasteiger partial charge in [0.15, 0.2) is 0 Å². The van der Waals surface area contributed by atoms with Crippen LogP contribution in [0.5, 0.6) is 0 Å². The molecule has 1 aromatic carbocycles. The van der Waals surface area contributed by atoms with Crippen LogP contribution in [0.25, 0.3) is 0 Å². The van der Waals surface area contributed by atoms with Crippen molar-refractivity contribution in [2.45, 2.75) is 18.9 Å². The van der Waals surface area contributed by atoms with Gasteiger partial charge >= 0.3 is 5.97 Å². The van der Waals surface area contributed by atoms with E-state index in [0.29, 0.717) is 6.54 Å². The quantitative estimate of drug-likeness (QED) is 0.676. The minimum atomic E-state index is -0.919. The molecule has 1 aromatic rings. The number of hydrogen-bond donors (Lipinski definition) is 3. The Hall–Kier alpha value is -1.39. The maximum Gasteiger partial charge on any atom is 0.335 e. The maximum absolute atomic E-state index is 10.6. The first-order valence-electron chi connectivity index (χ1n) is 4.94. The monoisotopic (exact) mass is 208 g/mol. The molecule has 0 bridgehead atoms. The highest BCUT2D eigenvalue weighted by Gasteiger charge is 2.07. The van der Waals surface area contributed by atoms with Crippen LogP contribution in [0.15, 0.2) is 24.3 Å². The number of rotatable bonds is 5. The van der Waals surface area contributed by atoms with Gasteiger partial charge in [0.25, 0.3) is 0 Å². The molecule has 0 spiro atoms. The van der Waals surface area contributed by atoms with Gasteiger partial charge in [-0.05, 0) is 37.1 Å². The van der Waals surface area contributed by atoms with Gasteiger partial charge in [-0.1, -0.05) is 12.1 Å². The minimum absolute atomic E-state index is 0.0589.